The highest BCUT2D eigenvalue weighted by molar-refractivity contribution is 5.78. The van der Waals surface area contributed by atoms with E-state index in [9.17, 15) is 4.79 Å². The number of quaternary nitrogens is 1. The van der Waals surface area contributed by atoms with Crippen LogP contribution in [-0.4, -0.2) is 39.9 Å². The maximum atomic E-state index is 12.3. The fourth-order valence-corrected chi connectivity index (χ4v) is 4.14. The highest BCUT2D eigenvalue weighted by Crippen LogP contribution is 2.19. The number of nitrogens with zero attached hydrogens (tertiary/aromatic N) is 3. The second-order valence-electron chi connectivity index (χ2n) is 7.82. The maximum absolute atomic E-state index is 12.3. The van der Waals surface area contributed by atoms with Crippen molar-refractivity contribution < 1.29 is 9.69 Å². The van der Waals surface area contributed by atoms with Crippen molar-refractivity contribution in [2.45, 2.75) is 32.7 Å². The lowest BCUT2D eigenvalue weighted by atomic mass is 9.95. The number of para-hydroxylation sites is 1. The van der Waals surface area contributed by atoms with Gasteiger partial charge in [-0.05, 0) is 30.7 Å². The van der Waals surface area contributed by atoms with Crippen LogP contribution in [-0.2, 0) is 11.3 Å². The average Bonchev–Trinajstić information content (AvgIpc) is 3.43. The second kappa shape index (κ2) is 9.09. The summed E-state index contributed by atoms with van der Waals surface area (Å²) in [6.45, 7) is 5.83. The third-order valence-electron chi connectivity index (χ3n) is 5.72. The van der Waals surface area contributed by atoms with Gasteiger partial charge in [0.15, 0.2) is 0 Å². The van der Waals surface area contributed by atoms with E-state index in [4.69, 9.17) is 5.10 Å². The molecule has 1 aromatic carbocycles. The predicted octanol–water partition coefficient (Wildman–Crippen LogP) is 1.98. The van der Waals surface area contributed by atoms with E-state index in [1.165, 1.54) is 10.5 Å². The molecular weight excluding hydrogens is 362 g/mol. The number of hydrogen-bond acceptors (Lipinski definition) is 2. The Labute approximate surface area is 172 Å². The third-order valence-corrected chi connectivity index (χ3v) is 5.72. The summed E-state index contributed by atoms with van der Waals surface area (Å²) in [5.74, 6) is 1.49. The molecule has 6 heteroatoms. The molecule has 1 fully saturated rings. The van der Waals surface area contributed by atoms with E-state index in [1.807, 2.05) is 41.2 Å². The fraction of sp³-hybridized carbons (Fsp3) is 0.391. The van der Waals surface area contributed by atoms with E-state index >= 15 is 0 Å². The molecule has 0 unspecified atom stereocenters. The Hall–Kier alpha value is -2.86. The molecule has 1 amide bonds. The van der Waals surface area contributed by atoms with Gasteiger partial charge in [-0.15, -0.1) is 0 Å². The van der Waals surface area contributed by atoms with Crippen LogP contribution in [0.5, 0.6) is 0 Å². The minimum Gasteiger partial charge on any atom is -0.356 e. The lowest BCUT2D eigenvalue weighted by Crippen LogP contribution is -3.11. The van der Waals surface area contributed by atoms with Gasteiger partial charge in [0.1, 0.15) is 12.4 Å². The Morgan fingerprint density at radius 1 is 1.14 bits per heavy atom. The summed E-state index contributed by atoms with van der Waals surface area (Å²) < 4.78 is 4.15. The number of nitrogens with one attached hydrogen (secondary N) is 2. The summed E-state index contributed by atoms with van der Waals surface area (Å²) in [4.78, 5) is 13.8. The van der Waals surface area contributed by atoms with E-state index in [-0.39, 0.29) is 11.8 Å². The van der Waals surface area contributed by atoms with E-state index in [0.717, 1.165) is 56.9 Å². The first kappa shape index (κ1) is 19.5. The largest absolute Gasteiger partial charge is 0.356 e. The van der Waals surface area contributed by atoms with Crippen LogP contribution in [0, 0.1) is 5.92 Å². The first-order valence-corrected chi connectivity index (χ1v) is 10.6. The Kier molecular flexibility index (Phi) is 6.10. The van der Waals surface area contributed by atoms with Gasteiger partial charge in [-0.25, -0.2) is 4.68 Å². The van der Waals surface area contributed by atoms with Gasteiger partial charge in [0, 0.05) is 37.7 Å². The number of rotatable bonds is 7. The zero-order valence-electron chi connectivity index (χ0n) is 17.1. The molecule has 0 aliphatic carbocycles. The number of likely N-dealkylation sites (tertiary alicyclic amines) is 1. The van der Waals surface area contributed by atoms with Crippen molar-refractivity contribution in [3.05, 3.63) is 66.6 Å². The van der Waals surface area contributed by atoms with E-state index in [2.05, 4.69) is 41.3 Å². The first-order valence-electron chi connectivity index (χ1n) is 10.6. The van der Waals surface area contributed by atoms with Gasteiger partial charge in [0.05, 0.1) is 30.5 Å². The number of amides is 1. The molecule has 3 aromatic rings. The van der Waals surface area contributed by atoms with Crippen molar-refractivity contribution in [2.75, 3.05) is 19.6 Å². The van der Waals surface area contributed by atoms with Crippen molar-refractivity contribution in [3.8, 4) is 11.5 Å². The van der Waals surface area contributed by atoms with Gasteiger partial charge >= 0.3 is 0 Å². The summed E-state index contributed by atoms with van der Waals surface area (Å²) in [6.07, 6.45) is 9.03. The predicted molar refractivity (Wildman–Crippen MR) is 113 cm³/mol. The van der Waals surface area contributed by atoms with E-state index < -0.39 is 0 Å². The Morgan fingerprint density at radius 3 is 2.55 bits per heavy atom. The number of benzene rings is 1. The average molecular weight is 393 g/mol. The monoisotopic (exact) mass is 392 g/mol. The van der Waals surface area contributed by atoms with Gasteiger partial charge in [-0.3, -0.25) is 4.79 Å². The van der Waals surface area contributed by atoms with Gasteiger partial charge < -0.3 is 14.8 Å². The topological polar surface area (TPSA) is 56.3 Å². The zero-order chi connectivity index (χ0) is 20.1. The Morgan fingerprint density at radius 2 is 1.86 bits per heavy atom. The summed E-state index contributed by atoms with van der Waals surface area (Å²) in [7, 11) is 0. The van der Waals surface area contributed by atoms with Gasteiger partial charge in [0.2, 0.25) is 5.91 Å². The van der Waals surface area contributed by atoms with Crippen LogP contribution in [0.1, 0.15) is 31.7 Å². The van der Waals surface area contributed by atoms with Gasteiger partial charge in [-0.2, -0.15) is 5.10 Å². The smallest absolute Gasteiger partial charge is 0.223 e. The molecule has 6 nitrogen and oxygen atoms in total. The molecule has 0 saturated carbocycles. The van der Waals surface area contributed by atoms with Crippen molar-refractivity contribution in [1.29, 1.82) is 0 Å². The lowest BCUT2D eigenvalue weighted by molar-refractivity contribution is -0.919. The van der Waals surface area contributed by atoms with Crippen LogP contribution in [0.4, 0.5) is 0 Å². The van der Waals surface area contributed by atoms with E-state index in [1.54, 1.807) is 0 Å². The van der Waals surface area contributed by atoms with Crippen LogP contribution in [0.15, 0.2) is 61.1 Å². The van der Waals surface area contributed by atoms with Crippen molar-refractivity contribution >= 4 is 5.91 Å². The lowest BCUT2D eigenvalue weighted by Gasteiger charge is -2.28. The molecule has 0 spiro atoms. The van der Waals surface area contributed by atoms with Gasteiger partial charge in [-0.1, -0.05) is 25.1 Å². The van der Waals surface area contributed by atoms with Crippen LogP contribution in [0.3, 0.4) is 0 Å². The number of aromatic nitrogens is 3. The van der Waals surface area contributed by atoms with E-state index in [0.29, 0.717) is 0 Å². The molecule has 2 aromatic heterocycles. The molecule has 1 aliphatic rings. The summed E-state index contributed by atoms with van der Waals surface area (Å²) in [5.41, 5.74) is 2.29. The molecule has 4 rings (SSSR count). The number of piperidine rings is 1. The second-order valence-corrected chi connectivity index (χ2v) is 7.82. The van der Waals surface area contributed by atoms with Crippen LogP contribution in [0.2, 0.25) is 0 Å². The highest BCUT2D eigenvalue weighted by atomic mass is 16.1. The van der Waals surface area contributed by atoms with Crippen molar-refractivity contribution in [3.63, 3.8) is 0 Å². The third kappa shape index (κ3) is 4.43. The van der Waals surface area contributed by atoms with Crippen LogP contribution in [0.25, 0.3) is 11.5 Å². The molecule has 1 saturated heterocycles. The number of hydrogen-bond donors (Lipinski definition) is 2. The molecule has 1 aliphatic heterocycles. The van der Waals surface area contributed by atoms with Crippen LogP contribution >= 0.6 is 0 Å². The number of carbonyl (C=O) groups excluding carboxylic acids is 1. The molecule has 0 bridgehead atoms. The molecular formula is C23H30N5O+. The minimum atomic E-state index is 0.168. The van der Waals surface area contributed by atoms with Crippen LogP contribution < -0.4 is 10.2 Å². The molecule has 152 valence electrons. The zero-order valence-corrected chi connectivity index (χ0v) is 17.1. The first-order chi connectivity index (χ1) is 14.3. The molecule has 29 heavy (non-hydrogen) atoms. The minimum absolute atomic E-state index is 0.168. The SMILES string of the molecule is CCCNC(=O)C1CC[NH+](Cc2cnn(-c3ccccc3)c2-n2cccc2)CC1. The maximum Gasteiger partial charge on any atom is 0.223 e. The summed E-state index contributed by atoms with van der Waals surface area (Å²) in [5, 5.41) is 7.75. The molecule has 3 heterocycles. The normalized spacial score (nSPS) is 19.2. The van der Waals surface area contributed by atoms with Crippen molar-refractivity contribution in [1.82, 2.24) is 19.7 Å². The quantitative estimate of drug-likeness (QED) is 0.646. The standard InChI is InChI=1S/C23H29N5O/c1-2-12-24-22(29)19-10-15-26(16-11-19)18-20-17-25-28(21-8-4-3-5-9-21)23(20)27-13-6-7-14-27/h3-9,13-14,17,19H,2,10-12,15-16,18H2,1H3,(H,24,29)/p+1. The molecule has 0 radical (unpaired) electrons. The summed E-state index contributed by atoms with van der Waals surface area (Å²) in [6, 6.07) is 14.3. The Bertz CT molecular complexity index is 908. The summed E-state index contributed by atoms with van der Waals surface area (Å²) >= 11 is 0. The number of carbonyl (C=O) groups is 1. The molecule has 0 atom stereocenters. The Balaban J connectivity index is 1.49. The molecule has 2 N–H and O–H groups in total. The highest BCUT2D eigenvalue weighted by Gasteiger charge is 2.28. The fourth-order valence-electron chi connectivity index (χ4n) is 4.14. The van der Waals surface area contributed by atoms with Gasteiger partial charge in [0.25, 0.3) is 0 Å². The van der Waals surface area contributed by atoms with Crippen molar-refractivity contribution in [2.24, 2.45) is 5.92 Å².